The predicted molar refractivity (Wildman–Crippen MR) is 93.7 cm³/mol. The van der Waals surface area contributed by atoms with Gasteiger partial charge in [-0.25, -0.2) is 0 Å². The number of carbonyl (C=O) groups excluding carboxylic acids is 1. The van der Waals surface area contributed by atoms with E-state index in [9.17, 15) is 9.90 Å². The maximum atomic E-state index is 12.4. The first-order valence-corrected chi connectivity index (χ1v) is 8.79. The van der Waals surface area contributed by atoms with Gasteiger partial charge in [0.1, 0.15) is 0 Å². The molecular formula is C19H29NO4. The van der Waals surface area contributed by atoms with E-state index >= 15 is 0 Å². The lowest BCUT2D eigenvalue weighted by molar-refractivity contribution is 0.0867. The first kappa shape index (κ1) is 18.6. The molecule has 1 aromatic carbocycles. The fourth-order valence-corrected chi connectivity index (χ4v) is 2.82. The Kier molecular flexibility index (Phi) is 6.91. The molecule has 1 saturated carbocycles. The van der Waals surface area contributed by atoms with Gasteiger partial charge >= 0.3 is 0 Å². The number of hydrogen-bond donors (Lipinski definition) is 2. The molecule has 1 aliphatic rings. The zero-order chi connectivity index (χ0) is 17.5. The molecule has 0 aromatic heterocycles. The van der Waals surface area contributed by atoms with Crippen molar-refractivity contribution in [2.24, 2.45) is 5.92 Å². The molecule has 0 unspecified atom stereocenters. The minimum absolute atomic E-state index is 0.108. The lowest BCUT2D eigenvalue weighted by Crippen LogP contribution is -2.38. The molecule has 134 valence electrons. The van der Waals surface area contributed by atoms with Gasteiger partial charge in [0, 0.05) is 11.6 Å². The van der Waals surface area contributed by atoms with Crippen molar-refractivity contribution in [3.05, 3.63) is 23.8 Å². The predicted octanol–water partition coefficient (Wildman–Crippen LogP) is 3.15. The summed E-state index contributed by atoms with van der Waals surface area (Å²) in [6, 6.07) is 5.41. The minimum Gasteiger partial charge on any atom is -0.493 e. The molecule has 1 aliphatic carbocycles. The Morgan fingerprint density at radius 2 is 1.96 bits per heavy atom. The van der Waals surface area contributed by atoms with E-state index in [1.54, 1.807) is 25.3 Å². The largest absolute Gasteiger partial charge is 0.493 e. The van der Waals surface area contributed by atoms with E-state index in [2.05, 4.69) is 19.2 Å². The molecule has 0 spiro atoms. The lowest BCUT2D eigenvalue weighted by Gasteiger charge is -2.26. The van der Waals surface area contributed by atoms with Crippen LogP contribution in [0.1, 0.15) is 56.3 Å². The van der Waals surface area contributed by atoms with Crippen molar-refractivity contribution in [2.75, 3.05) is 13.7 Å². The van der Waals surface area contributed by atoms with Crippen LogP contribution in [0.5, 0.6) is 11.5 Å². The number of rotatable bonds is 7. The molecule has 0 radical (unpaired) electrons. The fraction of sp³-hybridized carbons (Fsp3) is 0.632. The summed E-state index contributed by atoms with van der Waals surface area (Å²) in [6.45, 7) is 4.93. The summed E-state index contributed by atoms with van der Waals surface area (Å²) in [4.78, 5) is 12.4. The lowest BCUT2D eigenvalue weighted by atomic mass is 9.93. The van der Waals surface area contributed by atoms with Gasteiger partial charge in [0.2, 0.25) is 0 Å². The maximum Gasteiger partial charge on any atom is 0.251 e. The molecule has 5 nitrogen and oxygen atoms in total. The average molecular weight is 335 g/mol. The summed E-state index contributed by atoms with van der Waals surface area (Å²) in [6.07, 6.45) is 3.88. The highest BCUT2D eigenvalue weighted by Crippen LogP contribution is 2.28. The van der Waals surface area contributed by atoms with Crippen LogP contribution in [0.25, 0.3) is 0 Å². The standard InChI is InChI=1S/C19H29NO4/c1-13(2)10-11-24-17-9-4-14(12-18(17)23-3)19(22)20-15-5-7-16(21)8-6-15/h4,9,12-13,15-16,21H,5-8,10-11H2,1-3H3,(H,20,22). The van der Waals surface area contributed by atoms with Crippen molar-refractivity contribution in [2.45, 2.75) is 58.1 Å². The molecule has 0 aliphatic heterocycles. The van der Waals surface area contributed by atoms with Gasteiger partial charge in [0.15, 0.2) is 11.5 Å². The highest BCUT2D eigenvalue weighted by Gasteiger charge is 2.21. The van der Waals surface area contributed by atoms with Crippen LogP contribution in [-0.4, -0.2) is 36.9 Å². The highest BCUT2D eigenvalue weighted by atomic mass is 16.5. The molecule has 1 amide bonds. The second kappa shape index (κ2) is 8.92. The Morgan fingerprint density at radius 1 is 1.25 bits per heavy atom. The molecule has 1 aromatic rings. The van der Waals surface area contributed by atoms with Crippen LogP contribution in [-0.2, 0) is 0 Å². The summed E-state index contributed by atoms with van der Waals surface area (Å²) >= 11 is 0. The van der Waals surface area contributed by atoms with E-state index in [0.717, 1.165) is 32.1 Å². The van der Waals surface area contributed by atoms with Gasteiger partial charge in [-0.2, -0.15) is 0 Å². The van der Waals surface area contributed by atoms with E-state index in [-0.39, 0.29) is 18.1 Å². The maximum absolute atomic E-state index is 12.4. The van der Waals surface area contributed by atoms with Crippen molar-refractivity contribution in [1.29, 1.82) is 0 Å². The minimum atomic E-state index is -0.222. The molecule has 0 atom stereocenters. The number of methoxy groups -OCH3 is 1. The second-order valence-electron chi connectivity index (χ2n) is 6.88. The van der Waals surface area contributed by atoms with Crippen molar-refractivity contribution < 1.29 is 19.4 Å². The SMILES string of the molecule is COc1cc(C(=O)NC2CCC(O)CC2)ccc1OCCC(C)C. The Labute approximate surface area is 144 Å². The van der Waals surface area contributed by atoms with Crippen molar-refractivity contribution in [3.8, 4) is 11.5 Å². The van der Waals surface area contributed by atoms with Crippen LogP contribution in [0.2, 0.25) is 0 Å². The van der Waals surface area contributed by atoms with Crippen molar-refractivity contribution in [1.82, 2.24) is 5.32 Å². The molecule has 1 fully saturated rings. The molecule has 0 heterocycles. The van der Waals surface area contributed by atoms with Crippen LogP contribution in [0.3, 0.4) is 0 Å². The summed E-state index contributed by atoms with van der Waals surface area (Å²) in [5, 5.41) is 12.6. The van der Waals surface area contributed by atoms with Crippen molar-refractivity contribution >= 4 is 5.91 Å². The monoisotopic (exact) mass is 335 g/mol. The Bertz CT molecular complexity index is 536. The second-order valence-corrected chi connectivity index (χ2v) is 6.88. The zero-order valence-corrected chi connectivity index (χ0v) is 14.9. The van der Waals surface area contributed by atoms with Gasteiger partial charge in [0.05, 0.1) is 19.8 Å². The van der Waals surface area contributed by atoms with E-state index in [0.29, 0.717) is 29.6 Å². The number of carbonyl (C=O) groups is 1. The number of aliphatic hydroxyl groups is 1. The van der Waals surface area contributed by atoms with E-state index in [1.807, 2.05) is 0 Å². The molecular weight excluding hydrogens is 306 g/mol. The zero-order valence-electron chi connectivity index (χ0n) is 14.9. The summed E-state index contributed by atoms with van der Waals surface area (Å²) in [5.41, 5.74) is 0.564. The third kappa shape index (κ3) is 5.41. The average Bonchev–Trinajstić information content (AvgIpc) is 2.56. The van der Waals surface area contributed by atoms with Gasteiger partial charge in [-0.05, 0) is 56.2 Å². The topological polar surface area (TPSA) is 67.8 Å². The fourth-order valence-electron chi connectivity index (χ4n) is 2.82. The number of hydrogen-bond acceptors (Lipinski definition) is 4. The molecule has 24 heavy (non-hydrogen) atoms. The van der Waals surface area contributed by atoms with Crippen LogP contribution >= 0.6 is 0 Å². The van der Waals surface area contributed by atoms with Crippen LogP contribution in [0.4, 0.5) is 0 Å². The third-order valence-electron chi connectivity index (χ3n) is 4.41. The summed E-state index contributed by atoms with van der Waals surface area (Å²) in [7, 11) is 1.58. The number of aliphatic hydroxyl groups excluding tert-OH is 1. The summed E-state index contributed by atoms with van der Waals surface area (Å²) < 4.78 is 11.1. The van der Waals surface area contributed by atoms with E-state index in [1.165, 1.54) is 0 Å². The number of nitrogens with one attached hydrogen (secondary N) is 1. The van der Waals surface area contributed by atoms with Gasteiger partial charge in [-0.15, -0.1) is 0 Å². The van der Waals surface area contributed by atoms with Gasteiger partial charge in [0.25, 0.3) is 5.91 Å². The molecule has 5 heteroatoms. The normalized spacial score (nSPS) is 20.7. The third-order valence-corrected chi connectivity index (χ3v) is 4.41. The molecule has 2 rings (SSSR count). The van der Waals surface area contributed by atoms with Gasteiger partial charge in [-0.3, -0.25) is 4.79 Å². The number of amides is 1. The Balaban J connectivity index is 1.96. The Morgan fingerprint density at radius 3 is 2.58 bits per heavy atom. The van der Waals surface area contributed by atoms with E-state index in [4.69, 9.17) is 9.47 Å². The van der Waals surface area contributed by atoms with Gasteiger partial charge in [-0.1, -0.05) is 13.8 Å². The molecule has 0 bridgehead atoms. The first-order valence-electron chi connectivity index (χ1n) is 8.79. The van der Waals surface area contributed by atoms with Crippen molar-refractivity contribution in [3.63, 3.8) is 0 Å². The molecule has 2 N–H and O–H groups in total. The molecule has 0 saturated heterocycles. The quantitative estimate of drug-likeness (QED) is 0.803. The number of benzene rings is 1. The van der Waals surface area contributed by atoms with Gasteiger partial charge < -0.3 is 19.9 Å². The number of ether oxygens (including phenoxy) is 2. The van der Waals surface area contributed by atoms with Crippen LogP contribution < -0.4 is 14.8 Å². The van der Waals surface area contributed by atoms with Crippen LogP contribution in [0, 0.1) is 5.92 Å². The smallest absolute Gasteiger partial charge is 0.251 e. The highest BCUT2D eigenvalue weighted by molar-refractivity contribution is 5.95. The first-order chi connectivity index (χ1) is 11.5. The van der Waals surface area contributed by atoms with E-state index < -0.39 is 0 Å². The summed E-state index contributed by atoms with van der Waals surface area (Å²) in [5.74, 6) is 1.71. The van der Waals surface area contributed by atoms with Crippen LogP contribution in [0.15, 0.2) is 18.2 Å². The Hall–Kier alpha value is -1.75.